The zero-order chi connectivity index (χ0) is 44.1. The summed E-state index contributed by atoms with van der Waals surface area (Å²) in [5.74, 6) is -0.783. The van der Waals surface area contributed by atoms with Gasteiger partial charge < -0.3 is 37.1 Å². The van der Waals surface area contributed by atoms with Crippen LogP contribution < -0.4 is 32.3 Å². The highest BCUT2D eigenvalue weighted by Gasteiger charge is 2.27. The van der Waals surface area contributed by atoms with Gasteiger partial charge in [-0.25, -0.2) is 34.7 Å². The first-order valence-corrected chi connectivity index (χ1v) is 19.1. The minimum atomic E-state index is -4.50. The molecule has 0 bridgehead atoms. The smallest absolute Gasteiger partial charge is 0.408 e. The molecule has 1 unspecified atom stereocenters. The van der Waals surface area contributed by atoms with Gasteiger partial charge in [-0.3, -0.25) is 4.79 Å². The molecule has 1 atom stereocenters. The largest absolute Gasteiger partial charge is 0.439 e. The van der Waals surface area contributed by atoms with Gasteiger partial charge in [0.05, 0.1) is 0 Å². The molecule has 15 nitrogen and oxygen atoms in total. The molecule has 0 spiro atoms. The van der Waals surface area contributed by atoms with Crippen molar-refractivity contribution in [1.82, 2.24) is 19.9 Å². The number of ether oxygens (including phenoxy) is 1. The third-order valence-electron chi connectivity index (χ3n) is 8.24. The van der Waals surface area contributed by atoms with Crippen LogP contribution in [0, 0.1) is 0 Å². The van der Waals surface area contributed by atoms with Crippen LogP contribution in [0.1, 0.15) is 50.2 Å². The Balaban J connectivity index is 1.29. The van der Waals surface area contributed by atoms with Gasteiger partial charge in [-0.2, -0.15) is 26.3 Å². The summed E-state index contributed by atoms with van der Waals surface area (Å²) < 4.78 is 80.4. The Labute approximate surface area is 347 Å². The van der Waals surface area contributed by atoms with E-state index in [-0.39, 0.29) is 11.6 Å². The van der Waals surface area contributed by atoms with Gasteiger partial charge in [0.25, 0.3) is 5.91 Å². The lowest BCUT2D eigenvalue weighted by Crippen LogP contribution is -2.31. The summed E-state index contributed by atoms with van der Waals surface area (Å²) in [5.41, 5.74) is 12.4. The maximum absolute atomic E-state index is 13.5. The zero-order valence-electron chi connectivity index (χ0n) is 32.9. The Morgan fingerprint density at radius 1 is 0.705 bits per heavy atom. The average molecular weight is 857 g/mol. The molecule has 0 fully saturated rings. The van der Waals surface area contributed by atoms with E-state index in [0.717, 1.165) is 12.2 Å². The molecule has 2 aromatic carbocycles. The second-order valence-corrected chi connectivity index (χ2v) is 13.3. The molecule has 1 amide bonds. The monoisotopic (exact) mass is 856 g/mol. The van der Waals surface area contributed by atoms with Gasteiger partial charge >= 0.3 is 18.3 Å². The lowest BCUT2D eigenvalue weighted by Gasteiger charge is -2.22. The summed E-state index contributed by atoms with van der Waals surface area (Å²) >= 11 is 0. The Morgan fingerprint density at radius 2 is 1.23 bits per heavy atom. The van der Waals surface area contributed by atoms with Crippen molar-refractivity contribution in [1.29, 1.82) is 0 Å². The molecule has 0 saturated carbocycles. The van der Waals surface area contributed by atoms with Crippen LogP contribution in [0.3, 0.4) is 0 Å². The summed E-state index contributed by atoms with van der Waals surface area (Å²) in [6.45, 7) is -2.52. The van der Waals surface area contributed by atoms with Crippen LogP contribution in [0.15, 0.2) is 107 Å². The van der Waals surface area contributed by atoms with Crippen molar-refractivity contribution in [2.24, 2.45) is 21.5 Å². The molecular formula is C40H46F6N12O3. The number of para-hydroxylation sites is 2. The number of anilines is 4. The predicted octanol–water partition coefficient (Wildman–Crippen LogP) is 6.54. The van der Waals surface area contributed by atoms with Gasteiger partial charge in [-0.15, -0.1) is 0 Å². The fourth-order valence-electron chi connectivity index (χ4n) is 5.48. The first-order chi connectivity index (χ1) is 29.1. The Kier molecular flexibility index (Phi) is 18.2. The molecule has 0 aliphatic rings. The van der Waals surface area contributed by atoms with Gasteiger partial charge in [-0.1, -0.05) is 42.8 Å². The highest BCUT2D eigenvalue weighted by molar-refractivity contribution is 6.04. The first-order valence-electron chi connectivity index (χ1n) is 19.1. The van der Waals surface area contributed by atoms with E-state index in [1.54, 1.807) is 29.2 Å². The maximum Gasteiger partial charge on any atom is 0.408 e. The van der Waals surface area contributed by atoms with Crippen molar-refractivity contribution in [2.45, 2.75) is 69.9 Å². The summed E-state index contributed by atoms with van der Waals surface area (Å²) in [7, 11) is 0. The minimum Gasteiger partial charge on any atom is -0.439 e. The highest BCUT2D eigenvalue weighted by Crippen LogP contribution is 2.19. The Morgan fingerprint density at radius 3 is 1.77 bits per heavy atom. The van der Waals surface area contributed by atoms with E-state index in [2.05, 4.69) is 45.9 Å². The number of halogens is 6. The van der Waals surface area contributed by atoms with Crippen LogP contribution in [-0.2, 0) is 27.2 Å². The van der Waals surface area contributed by atoms with Gasteiger partial charge in [0.1, 0.15) is 36.4 Å². The number of hydrogen-bond acceptors (Lipinski definition) is 10. The first kappa shape index (κ1) is 46.9. The number of rotatable bonds is 21. The molecule has 61 heavy (non-hydrogen) atoms. The van der Waals surface area contributed by atoms with Crippen molar-refractivity contribution in [3.8, 4) is 0 Å². The van der Waals surface area contributed by atoms with Crippen molar-refractivity contribution in [2.75, 3.05) is 40.5 Å². The van der Waals surface area contributed by atoms with E-state index in [1.165, 1.54) is 24.5 Å². The van der Waals surface area contributed by atoms with Gasteiger partial charge in [0, 0.05) is 61.7 Å². The number of amides is 1. The van der Waals surface area contributed by atoms with Gasteiger partial charge in [-0.05, 0) is 62.1 Å². The number of carbonyl (C=O) groups excluding carboxylic acids is 2. The predicted molar refractivity (Wildman–Crippen MR) is 219 cm³/mol. The molecular weight excluding hydrogens is 811 g/mol. The highest BCUT2D eigenvalue weighted by atomic mass is 19.4. The van der Waals surface area contributed by atoms with Crippen LogP contribution in [-0.4, -0.2) is 81.9 Å². The van der Waals surface area contributed by atoms with E-state index in [4.69, 9.17) is 16.2 Å². The van der Waals surface area contributed by atoms with E-state index in [9.17, 15) is 35.9 Å². The topological polar surface area (TPSA) is 211 Å². The molecule has 4 aromatic rings. The van der Waals surface area contributed by atoms with Crippen molar-refractivity contribution < 1.29 is 40.7 Å². The fraction of sp³-hybridized carbons (Fsp3) is 0.350. The normalized spacial score (nSPS) is 12.8. The van der Waals surface area contributed by atoms with Crippen molar-refractivity contribution >= 4 is 46.8 Å². The fourth-order valence-corrected chi connectivity index (χ4v) is 5.48. The molecule has 0 aliphatic carbocycles. The third kappa shape index (κ3) is 19.2. The zero-order valence-corrected chi connectivity index (χ0v) is 32.9. The Hall–Kier alpha value is -6.80. The second-order valence-electron chi connectivity index (χ2n) is 13.3. The summed E-state index contributed by atoms with van der Waals surface area (Å²) in [6.07, 6.45) is -0.333. The number of carbonyl (C=O) groups is 2. The van der Waals surface area contributed by atoms with E-state index < -0.39 is 55.5 Å². The van der Waals surface area contributed by atoms with Crippen molar-refractivity contribution in [3.05, 3.63) is 109 Å². The minimum absolute atomic E-state index is 0.189. The van der Waals surface area contributed by atoms with E-state index >= 15 is 0 Å². The molecule has 0 saturated heterocycles. The summed E-state index contributed by atoms with van der Waals surface area (Å²) in [5, 5.41) is 8.24. The molecule has 2 heterocycles. The van der Waals surface area contributed by atoms with Crippen LogP contribution in [0.25, 0.3) is 0 Å². The number of aliphatic imine (C=N–C) groups is 2. The van der Waals surface area contributed by atoms with Crippen molar-refractivity contribution in [3.63, 3.8) is 0 Å². The summed E-state index contributed by atoms with van der Waals surface area (Å²) in [6, 6.07) is 21.0. The quantitative estimate of drug-likeness (QED) is 0.0115. The number of aromatic nitrogens is 4. The lowest BCUT2D eigenvalue weighted by atomic mass is 10.1. The van der Waals surface area contributed by atoms with Crippen LogP contribution in [0.2, 0.25) is 0 Å². The number of nitrogens with zero attached hydrogens (tertiary/aromatic N) is 7. The Bertz CT molecular complexity index is 2070. The second kappa shape index (κ2) is 23.7. The SMILES string of the molecule is NC(=NCC(F)(F)F)Nc1ccnc(CCCCCN(C(=O)/C=C\C(=O)OC(CCCCc2nccc(NC(N)=NCC(F)(F)F)n2)Nc2ccccc2)c2ccccc2)n1. The third-order valence-corrected chi connectivity index (χ3v) is 8.24. The number of unbranched alkanes of at least 4 members (excludes halogenated alkanes) is 3. The van der Waals surface area contributed by atoms with Crippen LogP contribution in [0.5, 0.6) is 0 Å². The molecule has 7 N–H and O–H groups in total. The number of alkyl halides is 6. The van der Waals surface area contributed by atoms with Crippen LogP contribution in [0.4, 0.5) is 49.4 Å². The number of aryl methyl sites for hydroxylation is 2. The van der Waals surface area contributed by atoms with Crippen LogP contribution >= 0.6 is 0 Å². The van der Waals surface area contributed by atoms with E-state index in [0.29, 0.717) is 80.9 Å². The molecule has 21 heteroatoms. The number of guanidine groups is 2. The number of esters is 1. The van der Waals surface area contributed by atoms with Gasteiger partial charge in [0.2, 0.25) is 0 Å². The number of benzene rings is 2. The maximum atomic E-state index is 13.5. The molecule has 0 radical (unpaired) electrons. The lowest BCUT2D eigenvalue weighted by molar-refractivity contribution is -0.142. The number of nitrogens with one attached hydrogen (secondary N) is 3. The van der Waals surface area contributed by atoms with E-state index in [1.807, 2.05) is 36.4 Å². The number of nitrogens with two attached hydrogens (primary N) is 2. The average Bonchev–Trinajstić information content (AvgIpc) is 3.22. The standard InChI is InChI=1S/C40H46F6N12O3/c41-39(42,43)26-51-37(47)56-32-21-23-49-30(54-32)16-8-3-11-25-58(29-14-6-2-7-15-29)35(59)19-20-36(60)61-34(53-28-12-4-1-5-13-28)18-10-9-17-31-50-24-22-33(55-31)57-38(48)52-27-40(44,45)46/h1-2,4-7,12-15,19-24,34,53H,3,8-11,16-18,25-27H2,(H3,47,49,51,54,56)(H3,48,50,52,55,57)/b20-19-. The molecule has 0 aliphatic heterocycles. The molecule has 326 valence electrons. The molecule has 2 aromatic heterocycles. The summed E-state index contributed by atoms with van der Waals surface area (Å²) in [4.78, 5) is 51.6. The number of hydrogen-bond donors (Lipinski definition) is 5. The molecule has 4 rings (SSSR count). The van der Waals surface area contributed by atoms with Gasteiger partial charge in [0.15, 0.2) is 18.1 Å².